The third-order valence-corrected chi connectivity index (χ3v) is 2.88. The maximum Gasteiger partial charge on any atom is 0.321 e. The van der Waals surface area contributed by atoms with Gasteiger partial charge >= 0.3 is 6.03 Å². The van der Waals surface area contributed by atoms with Gasteiger partial charge in [0.15, 0.2) is 0 Å². The van der Waals surface area contributed by atoms with Gasteiger partial charge in [0.1, 0.15) is 5.75 Å². The number of amides is 2. The molecule has 1 aromatic rings. The number of benzene rings is 1. The van der Waals surface area contributed by atoms with E-state index in [2.05, 4.69) is 10.6 Å². The molecule has 1 heterocycles. The van der Waals surface area contributed by atoms with E-state index in [0.29, 0.717) is 0 Å². The van der Waals surface area contributed by atoms with Crippen molar-refractivity contribution in [2.45, 2.75) is 20.0 Å². The molecule has 0 unspecified atom stereocenters. The van der Waals surface area contributed by atoms with Gasteiger partial charge in [-0.05, 0) is 38.1 Å². The minimum Gasteiger partial charge on any atom is -0.491 e. The van der Waals surface area contributed by atoms with Crippen molar-refractivity contribution in [3.05, 3.63) is 24.3 Å². The van der Waals surface area contributed by atoms with E-state index >= 15 is 0 Å². The fourth-order valence-corrected chi connectivity index (χ4v) is 1.96. The molecule has 2 amide bonds. The third kappa shape index (κ3) is 4.13. The zero-order chi connectivity index (χ0) is 13.7. The molecular formula is C14H21N3O2. The third-order valence-electron chi connectivity index (χ3n) is 2.88. The van der Waals surface area contributed by atoms with Crippen molar-refractivity contribution < 1.29 is 9.53 Å². The van der Waals surface area contributed by atoms with E-state index in [1.54, 1.807) is 0 Å². The molecule has 1 saturated heterocycles. The predicted octanol–water partition coefficient (Wildman–Crippen LogP) is 1.91. The van der Waals surface area contributed by atoms with Crippen molar-refractivity contribution in [2.24, 2.45) is 0 Å². The zero-order valence-electron chi connectivity index (χ0n) is 11.5. The molecule has 0 atom stereocenters. The second-order valence-corrected chi connectivity index (χ2v) is 4.86. The molecule has 0 aromatic heterocycles. The molecule has 1 aromatic carbocycles. The lowest BCUT2D eigenvalue weighted by atomic mass is 10.3. The van der Waals surface area contributed by atoms with Gasteiger partial charge in [-0.3, -0.25) is 0 Å². The summed E-state index contributed by atoms with van der Waals surface area (Å²) in [7, 11) is 0. The quantitative estimate of drug-likeness (QED) is 0.876. The van der Waals surface area contributed by atoms with Gasteiger partial charge in [-0.1, -0.05) is 0 Å². The summed E-state index contributed by atoms with van der Waals surface area (Å²) in [5, 5.41) is 6.12. The fourth-order valence-electron chi connectivity index (χ4n) is 1.96. The second-order valence-electron chi connectivity index (χ2n) is 4.86. The van der Waals surface area contributed by atoms with E-state index in [1.807, 2.05) is 43.0 Å². The Kier molecular flexibility index (Phi) is 4.63. The normalized spacial score (nSPS) is 15.4. The summed E-state index contributed by atoms with van der Waals surface area (Å²) in [5.74, 6) is 0.815. The van der Waals surface area contributed by atoms with Gasteiger partial charge in [0.2, 0.25) is 0 Å². The number of piperazine rings is 1. The summed E-state index contributed by atoms with van der Waals surface area (Å²) in [6.45, 7) is 7.18. The Hall–Kier alpha value is -1.75. The molecule has 0 saturated carbocycles. The van der Waals surface area contributed by atoms with E-state index in [-0.39, 0.29) is 12.1 Å². The van der Waals surface area contributed by atoms with Crippen LogP contribution in [0.25, 0.3) is 0 Å². The summed E-state index contributed by atoms with van der Waals surface area (Å²) in [6, 6.07) is 7.41. The maximum absolute atomic E-state index is 12.0. The average Bonchev–Trinajstić information content (AvgIpc) is 2.41. The molecule has 2 rings (SSSR count). The lowest BCUT2D eigenvalue weighted by molar-refractivity contribution is 0.204. The van der Waals surface area contributed by atoms with Crippen LogP contribution in [0.5, 0.6) is 5.75 Å². The monoisotopic (exact) mass is 263 g/mol. The summed E-state index contributed by atoms with van der Waals surface area (Å²) in [5.41, 5.74) is 0.791. The standard InChI is InChI=1S/C14H21N3O2/c1-11(2)19-13-5-3-12(4-6-13)16-14(18)17-9-7-15-8-10-17/h3-6,11,15H,7-10H2,1-2H3,(H,16,18). The van der Waals surface area contributed by atoms with Crippen LogP contribution in [0.2, 0.25) is 0 Å². The Balaban J connectivity index is 1.89. The zero-order valence-corrected chi connectivity index (χ0v) is 11.5. The van der Waals surface area contributed by atoms with Crippen LogP contribution in [-0.2, 0) is 0 Å². The van der Waals surface area contributed by atoms with Crippen molar-refractivity contribution >= 4 is 11.7 Å². The smallest absolute Gasteiger partial charge is 0.321 e. The molecule has 2 N–H and O–H groups in total. The summed E-state index contributed by atoms with van der Waals surface area (Å²) < 4.78 is 5.56. The van der Waals surface area contributed by atoms with Crippen LogP contribution in [0.1, 0.15) is 13.8 Å². The SMILES string of the molecule is CC(C)Oc1ccc(NC(=O)N2CCNCC2)cc1. The Labute approximate surface area is 113 Å². The summed E-state index contributed by atoms with van der Waals surface area (Å²) in [4.78, 5) is 13.8. The van der Waals surface area contributed by atoms with E-state index in [4.69, 9.17) is 4.74 Å². The van der Waals surface area contributed by atoms with Crippen molar-refractivity contribution in [1.82, 2.24) is 10.2 Å². The molecule has 1 aliphatic rings. The van der Waals surface area contributed by atoms with Crippen LogP contribution in [0.4, 0.5) is 10.5 Å². The molecule has 19 heavy (non-hydrogen) atoms. The highest BCUT2D eigenvalue weighted by molar-refractivity contribution is 5.89. The predicted molar refractivity (Wildman–Crippen MR) is 75.7 cm³/mol. The first-order valence-corrected chi connectivity index (χ1v) is 6.68. The van der Waals surface area contributed by atoms with E-state index in [9.17, 15) is 4.79 Å². The van der Waals surface area contributed by atoms with Crippen LogP contribution < -0.4 is 15.4 Å². The van der Waals surface area contributed by atoms with Crippen molar-refractivity contribution in [3.63, 3.8) is 0 Å². The molecule has 1 aliphatic heterocycles. The van der Waals surface area contributed by atoms with Crippen molar-refractivity contribution in [1.29, 1.82) is 0 Å². The first-order valence-electron chi connectivity index (χ1n) is 6.68. The average molecular weight is 263 g/mol. The first-order chi connectivity index (χ1) is 9.15. The van der Waals surface area contributed by atoms with Gasteiger partial charge in [-0.15, -0.1) is 0 Å². The number of carbonyl (C=O) groups excluding carboxylic acids is 1. The molecule has 0 radical (unpaired) electrons. The highest BCUT2D eigenvalue weighted by Crippen LogP contribution is 2.17. The minimum absolute atomic E-state index is 0.0426. The number of anilines is 1. The number of urea groups is 1. The number of rotatable bonds is 3. The van der Waals surface area contributed by atoms with Crippen LogP contribution in [0.15, 0.2) is 24.3 Å². The number of nitrogens with one attached hydrogen (secondary N) is 2. The van der Waals surface area contributed by atoms with Crippen molar-refractivity contribution in [3.8, 4) is 5.75 Å². The van der Waals surface area contributed by atoms with Crippen LogP contribution >= 0.6 is 0 Å². The Morgan fingerprint density at radius 1 is 1.26 bits per heavy atom. The van der Waals surface area contributed by atoms with Gasteiger partial charge in [0.25, 0.3) is 0 Å². The van der Waals surface area contributed by atoms with Gasteiger partial charge in [-0.25, -0.2) is 4.79 Å². The van der Waals surface area contributed by atoms with Crippen molar-refractivity contribution in [2.75, 3.05) is 31.5 Å². The first kappa shape index (κ1) is 13.7. The van der Waals surface area contributed by atoms with Gasteiger partial charge in [0.05, 0.1) is 6.10 Å². The van der Waals surface area contributed by atoms with Crippen LogP contribution in [0.3, 0.4) is 0 Å². The Bertz CT molecular complexity index is 411. The number of ether oxygens (including phenoxy) is 1. The summed E-state index contributed by atoms with van der Waals surface area (Å²) in [6.07, 6.45) is 0.154. The molecule has 5 nitrogen and oxygen atoms in total. The molecule has 0 bridgehead atoms. The number of hydrogen-bond acceptors (Lipinski definition) is 3. The minimum atomic E-state index is -0.0426. The lowest BCUT2D eigenvalue weighted by Gasteiger charge is -2.27. The van der Waals surface area contributed by atoms with Crippen LogP contribution in [0, 0.1) is 0 Å². The fraction of sp³-hybridized carbons (Fsp3) is 0.500. The highest BCUT2D eigenvalue weighted by atomic mass is 16.5. The Morgan fingerprint density at radius 2 is 1.89 bits per heavy atom. The molecule has 0 aliphatic carbocycles. The molecule has 0 spiro atoms. The van der Waals surface area contributed by atoms with E-state index in [1.165, 1.54) is 0 Å². The molecule has 5 heteroatoms. The lowest BCUT2D eigenvalue weighted by Crippen LogP contribution is -2.48. The highest BCUT2D eigenvalue weighted by Gasteiger charge is 2.15. The number of hydrogen-bond donors (Lipinski definition) is 2. The van der Waals surface area contributed by atoms with E-state index < -0.39 is 0 Å². The molecule has 104 valence electrons. The van der Waals surface area contributed by atoms with Gasteiger partial charge < -0.3 is 20.3 Å². The topological polar surface area (TPSA) is 53.6 Å². The van der Waals surface area contributed by atoms with Crippen LogP contribution in [-0.4, -0.2) is 43.2 Å². The Morgan fingerprint density at radius 3 is 2.47 bits per heavy atom. The second kappa shape index (κ2) is 6.43. The number of carbonyl (C=O) groups is 1. The maximum atomic E-state index is 12.0. The largest absolute Gasteiger partial charge is 0.491 e. The van der Waals surface area contributed by atoms with Gasteiger partial charge in [-0.2, -0.15) is 0 Å². The van der Waals surface area contributed by atoms with E-state index in [0.717, 1.165) is 37.6 Å². The summed E-state index contributed by atoms with van der Waals surface area (Å²) >= 11 is 0. The molecular weight excluding hydrogens is 242 g/mol. The van der Waals surface area contributed by atoms with Gasteiger partial charge in [0, 0.05) is 31.9 Å². The molecule has 1 fully saturated rings. The number of nitrogens with zero attached hydrogens (tertiary/aromatic N) is 1.